The summed E-state index contributed by atoms with van der Waals surface area (Å²) in [4.78, 5) is 33.0. The van der Waals surface area contributed by atoms with Gasteiger partial charge in [-0.25, -0.2) is 9.78 Å². The first kappa shape index (κ1) is 21.3. The number of aromatic nitrogens is 2. The van der Waals surface area contributed by atoms with Crippen molar-refractivity contribution < 1.29 is 19.8 Å². The van der Waals surface area contributed by atoms with Crippen LogP contribution in [0.1, 0.15) is 48.5 Å². The van der Waals surface area contributed by atoms with Crippen molar-refractivity contribution in [2.45, 2.75) is 57.0 Å². The Morgan fingerprint density at radius 2 is 1.97 bits per heavy atom. The van der Waals surface area contributed by atoms with E-state index in [1.807, 2.05) is 12.1 Å². The highest BCUT2D eigenvalue weighted by Crippen LogP contribution is 2.50. The van der Waals surface area contributed by atoms with Gasteiger partial charge in [-0.3, -0.25) is 4.79 Å². The topological polar surface area (TPSA) is 98.9 Å². The molecule has 0 bridgehead atoms. The standard InChI is InChI=1S/C23H27ClN4O4/c24-15-6-5-9-18-20(15)23(13-26(14-23)22(31)32)21(30)28(18)12-19-25-16-7-1-2-8-17(16)27(19)10-3-4-11-29/h5-6,9,29H,1-4,7-8,10-14H2,(H,31,32). The van der Waals surface area contributed by atoms with Crippen molar-refractivity contribution in [2.75, 3.05) is 24.6 Å². The molecule has 5 rings (SSSR count). The lowest BCUT2D eigenvalue weighted by molar-refractivity contribution is -0.128. The zero-order chi connectivity index (χ0) is 22.5. The molecule has 2 aromatic rings. The van der Waals surface area contributed by atoms with Crippen LogP contribution in [-0.2, 0) is 36.1 Å². The largest absolute Gasteiger partial charge is 0.465 e. The fourth-order valence-electron chi connectivity index (χ4n) is 5.44. The van der Waals surface area contributed by atoms with Gasteiger partial charge in [-0.2, -0.15) is 0 Å². The maximum absolute atomic E-state index is 13.7. The SMILES string of the molecule is O=C(O)N1CC2(C1)C(=O)N(Cc1nc3c(n1CCCCO)CCCC3)c1cccc(Cl)c12. The number of aliphatic hydroxyl groups is 1. The number of aliphatic hydroxyl groups excluding tert-OH is 1. The smallest absolute Gasteiger partial charge is 0.407 e. The predicted octanol–water partition coefficient (Wildman–Crippen LogP) is 2.97. The molecular formula is C23H27ClN4O4. The summed E-state index contributed by atoms with van der Waals surface area (Å²) in [5.41, 5.74) is 2.92. The van der Waals surface area contributed by atoms with E-state index >= 15 is 0 Å². The summed E-state index contributed by atoms with van der Waals surface area (Å²) in [5, 5.41) is 19.1. The number of unbranched alkanes of at least 4 members (excludes halogenated alkanes) is 1. The number of anilines is 1. The molecule has 9 heteroatoms. The zero-order valence-corrected chi connectivity index (χ0v) is 18.6. The molecule has 32 heavy (non-hydrogen) atoms. The summed E-state index contributed by atoms with van der Waals surface area (Å²) in [6, 6.07) is 5.47. The molecule has 3 heterocycles. The Bertz CT molecular complexity index is 1080. The van der Waals surface area contributed by atoms with Crippen molar-refractivity contribution >= 4 is 29.3 Å². The molecule has 1 fully saturated rings. The first-order valence-electron chi connectivity index (χ1n) is 11.2. The van der Waals surface area contributed by atoms with Crippen molar-refractivity contribution in [3.05, 3.63) is 46.0 Å². The zero-order valence-electron chi connectivity index (χ0n) is 17.9. The number of carbonyl (C=O) groups is 2. The van der Waals surface area contributed by atoms with E-state index in [1.165, 1.54) is 10.6 Å². The minimum Gasteiger partial charge on any atom is -0.465 e. The molecule has 8 nitrogen and oxygen atoms in total. The Labute approximate surface area is 191 Å². The average Bonchev–Trinajstić information content (AvgIpc) is 3.21. The van der Waals surface area contributed by atoms with E-state index in [-0.39, 0.29) is 25.6 Å². The fraction of sp³-hybridized carbons (Fsp3) is 0.522. The minimum absolute atomic E-state index is 0.110. The van der Waals surface area contributed by atoms with Gasteiger partial charge in [-0.1, -0.05) is 17.7 Å². The van der Waals surface area contributed by atoms with Gasteiger partial charge in [0.1, 0.15) is 11.2 Å². The lowest BCUT2D eigenvalue weighted by atomic mass is 9.75. The number of benzene rings is 1. The normalized spacial score (nSPS) is 18.6. The van der Waals surface area contributed by atoms with E-state index in [1.54, 1.807) is 11.0 Å². The van der Waals surface area contributed by atoms with E-state index < -0.39 is 11.5 Å². The number of rotatable bonds is 6. The number of aryl methyl sites for hydroxylation is 1. The second kappa shape index (κ2) is 8.08. The summed E-state index contributed by atoms with van der Waals surface area (Å²) in [5.74, 6) is 0.738. The molecule has 170 valence electrons. The van der Waals surface area contributed by atoms with Crippen molar-refractivity contribution in [1.82, 2.24) is 14.5 Å². The predicted molar refractivity (Wildman–Crippen MR) is 119 cm³/mol. The number of halogens is 1. The van der Waals surface area contributed by atoms with Crippen LogP contribution < -0.4 is 4.90 Å². The quantitative estimate of drug-likeness (QED) is 0.648. The molecule has 0 atom stereocenters. The van der Waals surface area contributed by atoms with Crippen molar-refractivity contribution in [3.8, 4) is 0 Å². The third-order valence-electron chi connectivity index (χ3n) is 7.01. The van der Waals surface area contributed by atoms with Gasteiger partial charge in [-0.15, -0.1) is 0 Å². The number of hydrogen-bond acceptors (Lipinski definition) is 4. The molecule has 0 radical (unpaired) electrons. The molecule has 2 N–H and O–H groups in total. The van der Waals surface area contributed by atoms with Crippen LogP contribution in [0.5, 0.6) is 0 Å². The molecule has 1 spiro atoms. The van der Waals surface area contributed by atoms with Crippen LogP contribution in [0.3, 0.4) is 0 Å². The Morgan fingerprint density at radius 3 is 2.72 bits per heavy atom. The second-order valence-corrected chi connectivity index (χ2v) is 9.36. The molecule has 1 saturated heterocycles. The highest BCUT2D eigenvalue weighted by molar-refractivity contribution is 6.33. The molecular weight excluding hydrogens is 432 g/mol. The Hall–Kier alpha value is -2.58. The van der Waals surface area contributed by atoms with E-state index in [2.05, 4.69) is 4.57 Å². The third kappa shape index (κ3) is 3.19. The van der Waals surface area contributed by atoms with E-state index in [0.29, 0.717) is 11.6 Å². The molecule has 3 aliphatic rings. The first-order chi connectivity index (χ1) is 15.5. The minimum atomic E-state index is -1.03. The number of fused-ring (bicyclic) bond motifs is 3. The number of nitrogens with zero attached hydrogens (tertiary/aromatic N) is 4. The average molecular weight is 459 g/mol. The Balaban J connectivity index is 1.50. The number of amides is 2. The highest BCUT2D eigenvalue weighted by atomic mass is 35.5. The first-order valence-corrected chi connectivity index (χ1v) is 11.6. The third-order valence-corrected chi connectivity index (χ3v) is 7.32. The lowest BCUT2D eigenvalue weighted by Crippen LogP contribution is -2.65. The maximum atomic E-state index is 13.7. The summed E-state index contributed by atoms with van der Waals surface area (Å²) in [7, 11) is 0. The van der Waals surface area contributed by atoms with Gasteiger partial charge in [0.2, 0.25) is 5.91 Å². The number of hydrogen-bond donors (Lipinski definition) is 2. The number of carboxylic acid groups (broad SMARTS) is 1. The maximum Gasteiger partial charge on any atom is 0.407 e. The van der Waals surface area contributed by atoms with Gasteiger partial charge in [0.15, 0.2) is 0 Å². The highest BCUT2D eigenvalue weighted by Gasteiger charge is 2.60. The molecule has 0 unspecified atom stereocenters. The van der Waals surface area contributed by atoms with Gasteiger partial charge in [0.05, 0.1) is 17.9 Å². The number of likely N-dealkylation sites (tertiary alicyclic amines) is 1. The molecule has 1 aromatic carbocycles. The van der Waals surface area contributed by atoms with Crippen molar-refractivity contribution in [2.24, 2.45) is 0 Å². The molecule has 2 amide bonds. The fourth-order valence-corrected chi connectivity index (χ4v) is 5.79. The Morgan fingerprint density at radius 1 is 1.19 bits per heavy atom. The van der Waals surface area contributed by atoms with Crippen LogP contribution in [0.4, 0.5) is 10.5 Å². The van der Waals surface area contributed by atoms with Gasteiger partial charge in [0.25, 0.3) is 0 Å². The summed E-state index contributed by atoms with van der Waals surface area (Å²) >= 11 is 6.54. The molecule has 0 saturated carbocycles. The molecule has 1 aromatic heterocycles. The van der Waals surface area contributed by atoms with Gasteiger partial charge >= 0.3 is 6.09 Å². The van der Waals surface area contributed by atoms with Crippen LogP contribution in [0.15, 0.2) is 18.2 Å². The van der Waals surface area contributed by atoms with Crippen LogP contribution in [0, 0.1) is 0 Å². The number of carbonyl (C=O) groups excluding carboxylic acids is 1. The second-order valence-electron chi connectivity index (χ2n) is 8.96. The van der Waals surface area contributed by atoms with Gasteiger partial charge in [-0.05, 0) is 50.7 Å². The van der Waals surface area contributed by atoms with Crippen molar-refractivity contribution in [1.29, 1.82) is 0 Å². The molecule has 2 aliphatic heterocycles. The van der Waals surface area contributed by atoms with Crippen molar-refractivity contribution in [3.63, 3.8) is 0 Å². The number of imidazole rings is 1. The summed E-state index contributed by atoms with van der Waals surface area (Å²) < 4.78 is 2.23. The van der Waals surface area contributed by atoms with Gasteiger partial charge in [0, 0.05) is 42.5 Å². The van der Waals surface area contributed by atoms with Crippen LogP contribution in [-0.4, -0.2) is 56.4 Å². The lowest BCUT2D eigenvalue weighted by Gasteiger charge is -2.45. The monoisotopic (exact) mass is 458 g/mol. The van der Waals surface area contributed by atoms with E-state index in [4.69, 9.17) is 16.6 Å². The summed E-state index contributed by atoms with van der Waals surface area (Å²) in [6.45, 7) is 1.49. The van der Waals surface area contributed by atoms with Crippen LogP contribution in [0.2, 0.25) is 5.02 Å². The van der Waals surface area contributed by atoms with Crippen LogP contribution in [0.25, 0.3) is 0 Å². The summed E-state index contributed by atoms with van der Waals surface area (Å²) in [6.07, 6.45) is 4.73. The van der Waals surface area contributed by atoms with Crippen LogP contribution >= 0.6 is 11.6 Å². The molecule has 1 aliphatic carbocycles. The van der Waals surface area contributed by atoms with Gasteiger partial charge < -0.3 is 24.6 Å². The van der Waals surface area contributed by atoms with E-state index in [9.17, 15) is 19.8 Å². The Kier molecular flexibility index (Phi) is 5.37. The van der Waals surface area contributed by atoms with E-state index in [0.717, 1.165) is 67.8 Å².